The lowest BCUT2D eigenvalue weighted by Gasteiger charge is -2.05. The van der Waals surface area contributed by atoms with Gasteiger partial charge < -0.3 is 5.32 Å². The van der Waals surface area contributed by atoms with Gasteiger partial charge in [0.25, 0.3) is 5.91 Å². The second-order valence-electron chi connectivity index (χ2n) is 5.23. The molecular formula is C20H13N3OS. The predicted octanol–water partition coefficient (Wildman–Crippen LogP) is 3.98. The van der Waals surface area contributed by atoms with Crippen molar-refractivity contribution >= 4 is 22.9 Å². The largest absolute Gasteiger partial charge is 0.322 e. The van der Waals surface area contributed by atoms with Crippen LogP contribution in [0.15, 0.2) is 53.9 Å². The zero-order valence-corrected chi connectivity index (χ0v) is 14.2. The van der Waals surface area contributed by atoms with E-state index in [1.807, 2.05) is 24.4 Å². The van der Waals surface area contributed by atoms with Crippen molar-refractivity contribution in [1.29, 1.82) is 5.26 Å². The fourth-order valence-corrected chi connectivity index (χ4v) is 2.71. The number of carbonyl (C=O) groups is 1. The molecule has 25 heavy (non-hydrogen) atoms. The molecule has 4 nitrogen and oxygen atoms in total. The number of rotatable bonds is 2. The van der Waals surface area contributed by atoms with Crippen molar-refractivity contribution in [3.8, 4) is 17.9 Å². The summed E-state index contributed by atoms with van der Waals surface area (Å²) in [5.74, 6) is 5.77. The van der Waals surface area contributed by atoms with Crippen molar-refractivity contribution in [3.63, 3.8) is 0 Å². The predicted molar refractivity (Wildman–Crippen MR) is 98.4 cm³/mol. The molecule has 0 radical (unpaired) electrons. The summed E-state index contributed by atoms with van der Waals surface area (Å²) >= 11 is 1.55. The van der Waals surface area contributed by atoms with E-state index in [9.17, 15) is 4.79 Å². The van der Waals surface area contributed by atoms with Gasteiger partial charge in [0.2, 0.25) is 0 Å². The first kappa shape index (κ1) is 16.4. The molecule has 3 aromatic rings. The minimum Gasteiger partial charge on any atom is -0.322 e. The number of thiazole rings is 1. The van der Waals surface area contributed by atoms with Crippen LogP contribution in [0.25, 0.3) is 0 Å². The van der Waals surface area contributed by atoms with Gasteiger partial charge in [0, 0.05) is 22.2 Å². The van der Waals surface area contributed by atoms with Crippen molar-refractivity contribution in [2.75, 3.05) is 5.32 Å². The van der Waals surface area contributed by atoms with Gasteiger partial charge in [0.05, 0.1) is 16.6 Å². The molecular weight excluding hydrogens is 330 g/mol. The molecule has 0 spiro atoms. The number of nitrogens with zero attached hydrogens (tertiary/aromatic N) is 2. The van der Waals surface area contributed by atoms with Crippen LogP contribution in [0.2, 0.25) is 0 Å². The van der Waals surface area contributed by atoms with Crippen molar-refractivity contribution in [2.24, 2.45) is 0 Å². The average molecular weight is 343 g/mol. The SMILES string of the molecule is Cc1nc(C#Cc2cccc(C(=O)Nc3cccc(C#N)c3)c2)cs1. The van der Waals surface area contributed by atoms with E-state index < -0.39 is 0 Å². The second-order valence-corrected chi connectivity index (χ2v) is 6.29. The van der Waals surface area contributed by atoms with Crippen LogP contribution in [0.5, 0.6) is 0 Å². The Labute approximate surface area is 149 Å². The summed E-state index contributed by atoms with van der Waals surface area (Å²) < 4.78 is 0. The minimum atomic E-state index is -0.247. The number of carbonyl (C=O) groups excluding carboxylic acids is 1. The van der Waals surface area contributed by atoms with Crippen LogP contribution in [0.1, 0.15) is 32.2 Å². The Balaban J connectivity index is 1.78. The summed E-state index contributed by atoms with van der Waals surface area (Å²) in [7, 11) is 0. The lowest BCUT2D eigenvalue weighted by atomic mass is 10.1. The molecule has 1 heterocycles. The summed E-state index contributed by atoms with van der Waals surface area (Å²) in [5.41, 5.74) is 3.05. The standard InChI is InChI=1S/C20H13N3OS/c1-14-22-19(13-25-14)9-8-15-4-2-6-17(10-15)20(24)23-18-7-3-5-16(11-18)12-21/h2-7,10-11,13H,1H3,(H,23,24). The third-order valence-corrected chi connectivity index (χ3v) is 4.10. The molecule has 0 atom stereocenters. The number of hydrogen-bond donors (Lipinski definition) is 1. The van der Waals surface area contributed by atoms with E-state index in [2.05, 4.69) is 22.1 Å². The van der Waals surface area contributed by atoms with Gasteiger partial charge in [0.1, 0.15) is 5.69 Å². The fourth-order valence-electron chi connectivity index (χ4n) is 2.16. The third kappa shape index (κ3) is 4.32. The molecule has 5 heteroatoms. The van der Waals surface area contributed by atoms with Crippen LogP contribution in [-0.4, -0.2) is 10.9 Å². The topological polar surface area (TPSA) is 65.8 Å². The zero-order valence-electron chi connectivity index (χ0n) is 13.4. The number of aryl methyl sites for hydroxylation is 1. The summed E-state index contributed by atoms with van der Waals surface area (Å²) in [6, 6.07) is 15.9. The Hall–Kier alpha value is -3.41. The Kier molecular flexibility index (Phi) is 4.89. The maximum Gasteiger partial charge on any atom is 0.255 e. The monoisotopic (exact) mass is 343 g/mol. The van der Waals surface area contributed by atoms with Gasteiger partial charge in [-0.1, -0.05) is 18.1 Å². The average Bonchev–Trinajstić information content (AvgIpc) is 3.06. The van der Waals surface area contributed by atoms with Crippen LogP contribution in [0, 0.1) is 30.1 Å². The molecule has 1 amide bonds. The van der Waals surface area contributed by atoms with Crippen LogP contribution in [-0.2, 0) is 0 Å². The molecule has 120 valence electrons. The third-order valence-electron chi connectivity index (χ3n) is 3.33. The molecule has 0 aliphatic heterocycles. The Morgan fingerprint density at radius 2 is 1.92 bits per heavy atom. The molecule has 0 saturated heterocycles. The normalized spacial score (nSPS) is 9.60. The molecule has 0 aliphatic rings. The van der Waals surface area contributed by atoms with Crippen LogP contribution < -0.4 is 5.32 Å². The van der Waals surface area contributed by atoms with Gasteiger partial charge >= 0.3 is 0 Å². The van der Waals surface area contributed by atoms with E-state index in [4.69, 9.17) is 5.26 Å². The minimum absolute atomic E-state index is 0.247. The first-order valence-electron chi connectivity index (χ1n) is 7.50. The summed E-state index contributed by atoms with van der Waals surface area (Å²) in [4.78, 5) is 16.7. The van der Waals surface area contributed by atoms with Crippen LogP contribution in [0.3, 0.4) is 0 Å². The van der Waals surface area contributed by atoms with Crippen LogP contribution >= 0.6 is 11.3 Å². The smallest absolute Gasteiger partial charge is 0.255 e. The van der Waals surface area contributed by atoms with E-state index >= 15 is 0 Å². The van der Waals surface area contributed by atoms with Gasteiger partial charge in [-0.05, 0) is 49.2 Å². The first-order chi connectivity index (χ1) is 12.1. The summed E-state index contributed by atoms with van der Waals surface area (Å²) in [6.07, 6.45) is 0. The number of amides is 1. The highest BCUT2D eigenvalue weighted by Crippen LogP contribution is 2.13. The molecule has 3 rings (SSSR count). The van der Waals surface area contributed by atoms with Gasteiger partial charge in [0.15, 0.2) is 0 Å². The molecule has 0 unspecified atom stereocenters. The molecule has 1 N–H and O–H groups in total. The first-order valence-corrected chi connectivity index (χ1v) is 8.38. The molecule has 0 aliphatic carbocycles. The molecule has 0 bridgehead atoms. The highest BCUT2D eigenvalue weighted by molar-refractivity contribution is 7.09. The zero-order chi connectivity index (χ0) is 17.6. The lowest BCUT2D eigenvalue weighted by Crippen LogP contribution is -2.12. The number of nitrogens with one attached hydrogen (secondary N) is 1. The van der Waals surface area contributed by atoms with Crippen molar-refractivity contribution in [3.05, 3.63) is 81.3 Å². The maximum absolute atomic E-state index is 12.4. The molecule has 2 aromatic carbocycles. The molecule has 0 saturated carbocycles. The van der Waals surface area contributed by atoms with Gasteiger partial charge in [-0.2, -0.15) is 5.26 Å². The van der Waals surface area contributed by atoms with E-state index in [1.54, 1.807) is 53.8 Å². The number of anilines is 1. The number of nitriles is 1. The maximum atomic E-state index is 12.4. The van der Waals surface area contributed by atoms with Crippen LogP contribution in [0.4, 0.5) is 5.69 Å². The van der Waals surface area contributed by atoms with E-state index in [-0.39, 0.29) is 5.91 Å². The molecule has 1 aromatic heterocycles. The van der Waals surface area contributed by atoms with Crippen molar-refractivity contribution in [1.82, 2.24) is 4.98 Å². The highest BCUT2D eigenvalue weighted by Gasteiger charge is 2.07. The molecule has 0 fully saturated rings. The summed E-state index contributed by atoms with van der Waals surface area (Å²) in [6.45, 7) is 1.93. The van der Waals surface area contributed by atoms with Gasteiger partial charge in [-0.25, -0.2) is 4.98 Å². The van der Waals surface area contributed by atoms with Gasteiger partial charge in [-0.3, -0.25) is 4.79 Å². The van der Waals surface area contributed by atoms with Crippen molar-refractivity contribution < 1.29 is 4.79 Å². The second kappa shape index (κ2) is 7.44. The Morgan fingerprint density at radius 1 is 1.12 bits per heavy atom. The van der Waals surface area contributed by atoms with E-state index in [1.165, 1.54) is 0 Å². The number of benzene rings is 2. The van der Waals surface area contributed by atoms with E-state index in [0.29, 0.717) is 16.8 Å². The quantitative estimate of drug-likeness (QED) is 0.716. The number of hydrogen-bond acceptors (Lipinski definition) is 4. The summed E-state index contributed by atoms with van der Waals surface area (Å²) in [5, 5.41) is 14.6. The van der Waals surface area contributed by atoms with E-state index in [0.717, 1.165) is 16.3 Å². The lowest BCUT2D eigenvalue weighted by molar-refractivity contribution is 0.102. The number of aromatic nitrogens is 1. The Morgan fingerprint density at radius 3 is 2.68 bits per heavy atom. The van der Waals surface area contributed by atoms with Crippen molar-refractivity contribution in [2.45, 2.75) is 6.92 Å². The van der Waals surface area contributed by atoms with Gasteiger partial charge in [-0.15, -0.1) is 11.3 Å². The highest BCUT2D eigenvalue weighted by atomic mass is 32.1. The fraction of sp³-hybridized carbons (Fsp3) is 0.0500. The Bertz CT molecular complexity index is 1030.